The SMILES string of the molecule is C=C(C#N)C(=O)N1CC(Cn2nc(-c3ccc(Oc4ccccc4)cc3F)c3c(N)ncnc32)C1. The zero-order valence-electron chi connectivity index (χ0n) is 18.6. The minimum absolute atomic E-state index is 0.0871. The summed E-state index contributed by atoms with van der Waals surface area (Å²) in [4.78, 5) is 22.0. The van der Waals surface area contributed by atoms with Gasteiger partial charge in [0.25, 0.3) is 5.91 Å². The quantitative estimate of drug-likeness (QED) is 0.338. The van der Waals surface area contributed by atoms with Gasteiger partial charge >= 0.3 is 0 Å². The van der Waals surface area contributed by atoms with Gasteiger partial charge in [-0.15, -0.1) is 0 Å². The molecule has 1 aliphatic heterocycles. The van der Waals surface area contributed by atoms with Gasteiger partial charge in [-0.2, -0.15) is 10.4 Å². The Balaban J connectivity index is 1.42. The van der Waals surface area contributed by atoms with E-state index in [2.05, 4.69) is 21.6 Å². The summed E-state index contributed by atoms with van der Waals surface area (Å²) in [6.45, 7) is 4.81. The number of anilines is 1. The maximum absolute atomic E-state index is 15.2. The first-order valence-corrected chi connectivity index (χ1v) is 10.8. The van der Waals surface area contributed by atoms with Crippen molar-refractivity contribution in [2.75, 3.05) is 18.8 Å². The van der Waals surface area contributed by atoms with E-state index in [0.717, 1.165) is 0 Å². The van der Waals surface area contributed by atoms with Crippen molar-refractivity contribution >= 4 is 22.8 Å². The minimum atomic E-state index is -0.524. The number of hydrogen-bond donors (Lipinski definition) is 1. The van der Waals surface area contributed by atoms with Gasteiger partial charge in [0.2, 0.25) is 0 Å². The average Bonchev–Trinajstić information content (AvgIpc) is 3.20. The van der Waals surface area contributed by atoms with E-state index in [4.69, 9.17) is 15.7 Å². The van der Waals surface area contributed by atoms with Crippen LogP contribution in [0, 0.1) is 23.1 Å². The molecule has 0 bridgehead atoms. The molecule has 10 heteroatoms. The van der Waals surface area contributed by atoms with Gasteiger partial charge in [0, 0.05) is 37.2 Å². The smallest absolute Gasteiger partial charge is 0.263 e. The molecule has 0 unspecified atom stereocenters. The van der Waals surface area contributed by atoms with E-state index >= 15 is 4.39 Å². The Bertz CT molecular complexity index is 1490. The van der Waals surface area contributed by atoms with Gasteiger partial charge in [0.05, 0.1) is 5.39 Å². The lowest BCUT2D eigenvalue weighted by Crippen LogP contribution is -2.51. The molecule has 2 aromatic heterocycles. The van der Waals surface area contributed by atoms with Crippen LogP contribution in [0.4, 0.5) is 10.2 Å². The van der Waals surface area contributed by atoms with Crippen molar-refractivity contribution < 1.29 is 13.9 Å². The molecule has 35 heavy (non-hydrogen) atoms. The van der Waals surface area contributed by atoms with E-state index < -0.39 is 5.82 Å². The number of nitrogen functional groups attached to an aromatic ring is 1. The monoisotopic (exact) mass is 469 g/mol. The number of fused-ring (bicyclic) bond motifs is 1. The van der Waals surface area contributed by atoms with Gasteiger partial charge in [-0.1, -0.05) is 24.8 Å². The summed E-state index contributed by atoms with van der Waals surface area (Å²) in [5, 5.41) is 13.9. The summed E-state index contributed by atoms with van der Waals surface area (Å²) in [7, 11) is 0. The number of para-hydroxylation sites is 1. The first-order valence-electron chi connectivity index (χ1n) is 10.8. The molecule has 9 nitrogen and oxygen atoms in total. The highest BCUT2D eigenvalue weighted by atomic mass is 19.1. The maximum Gasteiger partial charge on any atom is 0.263 e. The Morgan fingerprint density at radius 1 is 1.20 bits per heavy atom. The summed E-state index contributed by atoms with van der Waals surface area (Å²) < 4.78 is 22.6. The van der Waals surface area contributed by atoms with Gasteiger partial charge in [-0.25, -0.2) is 19.0 Å². The molecule has 4 aromatic rings. The van der Waals surface area contributed by atoms with E-state index in [1.54, 1.807) is 39.9 Å². The maximum atomic E-state index is 15.2. The second-order valence-electron chi connectivity index (χ2n) is 8.21. The summed E-state index contributed by atoms with van der Waals surface area (Å²) in [6.07, 6.45) is 1.33. The highest BCUT2D eigenvalue weighted by Gasteiger charge is 2.33. The second-order valence-corrected chi connectivity index (χ2v) is 8.21. The van der Waals surface area contributed by atoms with Crippen LogP contribution in [0.5, 0.6) is 11.5 Å². The highest BCUT2D eigenvalue weighted by Crippen LogP contribution is 2.34. The zero-order valence-corrected chi connectivity index (χ0v) is 18.6. The Morgan fingerprint density at radius 2 is 1.97 bits per heavy atom. The van der Waals surface area contributed by atoms with Crippen LogP contribution in [0.15, 0.2) is 67.0 Å². The van der Waals surface area contributed by atoms with E-state index in [-0.39, 0.29) is 28.8 Å². The molecule has 0 atom stereocenters. The van der Waals surface area contributed by atoms with Gasteiger partial charge in [0.1, 0.15) is 46.8 Å². The van der Waals surface area contributed by atoms with Crippen LogP contribution in [0.2, 0.25) is 0 Å². The summed E-state index contributed by atoms with van der Waals surface area (Å²) in [6, 6.07) is 15.4. The number of aromatic nitrogens is 4. The lowest BCUT2D eigenvalue weighted by molar-refractivity contribution is -0.133. The Morgan fingerprint density at radius 3 is 2.69 bits per heavy atom. The van der Waals surface area contributed by atoms with Crippen LogP contribution in [-0.2, 0) is 11.3 Å². The Kier molecular flexibility index (Phi) is 5.58. The molecule has 174 valence electrons. The average molecular weight is 469 g/mol. The topological polar surface area (TPSA) is 123 Å². The van der Waals surface area contributed by atoms with Crippen molar-refractivity contribution in [2.24, 2.45) is 5.92 Å². The highest BCUT2D eigenvalue weighted by molar-refractivity contribution is 5.98. The van der Waals surface area contributed by atoms with Crippen LogP contribution in [0.3, 0.4) is 0 Å². The first-order chi connectivity index (χ1) is 16.9. The van der Waals surface area contributed by atoms with Crippen LogP contribution < -0.4 is 10.5 Å². The largest absolute Gasteiger partial charge is 0.457 e. The molecular formula is C25H20FN7O2. The summed E-state index contributed by atoms with van der Waals surface area (Å²) in [5.41, 5.74) is 7.08. The van der Waals surface area contributed by atoms with E-state index in [1.165, 1.54) is 12.4 Å². The number of nitriles is 1. The third kappa shape index (κ3) is 4.15. The third-order valence-electron chi connectivity index (χ3n) is 5.80. The molecule has 1 aliphatic rings. The molecule has 0 saturated carbocycles. The molecule has 0 aliphatic carbocycles. The van der Waals surface area contributed by atoms with Crippen molar-refractivity contribution in [2.45, 2.75) is 6.54 Å². The number of benzene rings is 2. The number of hydrogen-bond acceptors (Lipinski definition) is 7. The Hall–Kier alpha value is -4.78. The van der Waals surface area contributed by atoms with E-state index in [1.807, 2.05) is 18.2 Å². The van der Waals surface area contributed by atoms with Gasteiger partial charge < -0.3 is 15.4 Å². The van der Waals surface area contributed by atoms with Crippen molar-refractivity contribution in [3.8, 4) is 28.8 Å². The molecule has 5 rings (SSSR count). The molecule has 1 amide bonds. The summed E-state index contributed by atoms with van der Waals surface area (Å²) in [5.74, 6) is 0.326. The molecule has 1 saturated heterocycles. The fourth-order valence-electron chi connectivity index (χ4n) is 4.06. The van der Waals surface area contributed by atoms with E-state index in [0.29, 0.717) is 47.9 Å². The number of ether oxygens (including phenoxy) is 1. The molecule has 3 heterocycles. The zero-order chi connectivity index (χ0) is 24.5. The fourth-order valence-corrected chi connectivity index (χ4v) is 4.06. The van der Waals surface area contributed by atoms with Crippen LogP contribution >= 0.6 is 0 Å². The predicted molar refractivity (Wildman–Crippen MR) is 126 cm³/mol. The molecule has 2 N–H and O–H groups in total. The minimum Gasteiger partial charge on any atom is -0.457 e. The number of amides is 1. The van der Waals surface area contributed by atoms with Crippen molar-refractivity contribution in [1.29, 1.82) is 5.26 Å². The molecule has 0 radical (unpaired) electrons. The Labute approximate surface area is 199 Å². The van der Waals surface area contributed by atoms with Crippen LogP contribution in [-0.4, -0.2) is 43.6 Å². The summed E-state index contributed by atoms with van der Waals surface area (Å²) >= 11 is 0. The number of likely N-dealkylation sites (tertiary alicyclic amines) is 1. The van der Waals surface area contributed by atoms with Gasteiger partial charge in [0.15, 0.2) is 5.65 Å². The first kappa shape index (κ1) is 22.0. The van der Waals surface area contributed by atoms with Gasteiger partial charge in [-0.3, -0.25) is 4.79 Å². The lowest BCUT2D eigenvalue weighted by atomic mass is 9.99. The standard InChI is InChI=1S/C25H20FN7O2/c1-15(10-27)25(34)32-11-16(12-32)13-33-24-21(23(28)29-14-30-24)22(31-33)19-8-7-18(9-20(19)26)35-17-5-3-2-4-6-17/h2-9,14,16H,1,11-13H2,(H2,28,29,30). The molecule has 2 aromatic carbocycles. The van der Waals surface area contributed by atoms with Crippen molar-refractivity contribution in [1.82, 2.24) is 24.6 Å². The second kappa shape index (κ2) is 8.87. The van der Waals surface area contributed by atoms with Crippen LogP contribution in [0.25, 0.3) is 22.3 Å². The predicted octanol–water partition coefficient (Wildman–Crippen LogP) is 3.55. The molecule has 1 fully saturated rings. The van der Waals surface area contributed by atoms with E-state index in [9.17, 15) is 4.79 Å². The van der Waals surface area contributed by atoms with Crippen LogP contribution in [0.1, 0.15) is 0 Å². The number of rotatable bonds is 6. The normalized spacial score (nSPS) is 13.3. The molecule has 0 spiro atoms. The molecular weight excluding hydrogens is 449 g/mol. The number of carbonyl (C=O) groups excluding carboxylic acids is 1. The third-order valence-corrected chi connectivity index (χ3v) is 5.80. The van der Waals surface area contributed by atoms with Gasteiger partial charge in [-0.05, 0) is 24.3 Å². The number of carbonyl (C=O) groups is 1. The number of halogens is 1. The number of nitrogens with two attached hydrogens (primary N) is 1. The van der Waals surface area contributed by atoms with Crippen molar-refractivity contribution in [3.63, 3.8) is 0 Å². The fraction of sp³-hybridized carbons (Fsp3) is 0.160. The number of nitrogens with zero attached hydrogens (tertiary/aromatic N) is 6. The van der Waals surface area contributed by atoms with Crippen molar-refractivity contribution in [3.05, 3.63) is 72.8 Å². The lowest BCUT2D eigenvalue weighted by Gasteiger charge is -2.38.